The fraction of sp³-hybridized carbons (Fsp3) is 0.625. The van der Waals surface area contributed by atoms with Gasteiger partial charge in [0.05, 0.1) is 75.4 Å². The monoisotopic (exact) mass is 403 g/mol. The van der Waals surface area contributed by atoms with Gasteiger partial charge in [-0.2, -0.15) is 0 Å². The lowest BCUT2D eigenvalue weighted by molar-refractivity contribution is -0.393. The summed E-state index contributed by atoms with van der Waals surface area (Å²) >= 11 is 0. The summed E-state index contributed by atoms with van der Waals surface area (Å²) in [7, 11) is 0. The highest BCUT2D eigenvalue weighted by Crippen LogP contribution is 2.28. The number of nitrogens with one attached hydrogen (secondary N) is 1. The minimum atomic E-state index is -0.684. The highest BCUT2D eigenvalue weighted by molar-refractivity contribution is 5.65. The number of hydrogen-bond acceptors (Lipinski definition) is 10. The van der Waals surface area contributed by atoms with Crippen LogP contribution >= 0.6 is 0 Å². The second kappa shape index (κ2) is 14.6. The molecule has 1 rings (SSSR count). The minimum Gasteiger partial charge on any atom is -0.394 e. The maximum absolute atomic E-state index is 11.0. The van der Waals surface area contributed by atoms with E-state index in [0.717, 1.165) is 6.07 Å². The molecule has 0 heterocycles. The van der Waals surface area contributed by atoms with Crippen molar-refractivity contribution in [3.63, 3.8) is 0 Å². The molecule has 0 bridgehead atoms. The van der Waals surface area contributed by atoms with Crippen LogP contribution in [0.4, 0.5) is 17.1 Å². The predicted molar refractivity (Wildman–Crippen MR) is 98.6 cm³/mol. The Hall–Kier alpha value is -2.38. The molecule has 12 heteroatoms. The minimum absolute atomic E-state index is 0.0105. The number of nitro benzene ring substituents is 2. The van der Waals surface area contributed by atoms with Gasteiger partial charge in [-0.05, 0) is 6.07 Å². The lowest BCUT2D eigenvalue weighted by atomic mass is 10.2. The molecule has 0 unspecified atom stereocenters. The summed E-state index contributed by atoms with van der Waals surface area (Å²) in [5.41, 5.74) is -0.512. The number of rotatable bonds is 17. The molecule has 0 aliphatic rings. The summed E-state index contributed by atoms with van der Waals surface area (Å²) < 4.78 is 20.9. The van der Waals surface area contributed by atoms with Crippen LogP contribution in [0.25, 0.3) is 0 Å². The topological polar surface area (TPSA) is 155 Å². The summed E-state index contributed by atoms with van der Waals surface area (Å²) in [6.45, 7) is 3.29. The Labute approximate surface area is 161 Å². The van der Waals surface area contributed by atoms with Crippen LogP contribution < -0.4 is 5.32 Å². The quantitative estimate of drug-likeness (QED) is 0.218. The van der Waals surface area contributed by atoms with Crippen LogP contribution in [-0.2, 0) is 18.9 Å². The number of hydrogen-bond donors (Lipinski definition) is 2. The summed E-state index contributed by atoms with van der Waals surface area (Å²) in [5, 5.41) is 33.0. The summed E-state index contributed by atoms with van der Waals surface area (Å²) in [6, 6.07) is 3.41. The molecule has 2 N–H and O–H groups in total. The van der Waals surface area contributed by atoms with Crippen molar-refractivity contribution in [3.05, 3.63) is 38.4 Å². The third-order valence-electron chi connectivity index (χ3n) is 3.30. The molecule has 0 aliphatic heterocycles. The first-order chi connectivity index (χ1) is 13.6. The third-order valence-corrected chi connectivity index (χ3v) is 3.30. The Balaban J connectivity index is 2.07. The van der Waals surface area contributed by atoms with Gasteiger partial charge in [0, 0.05) is 12.6 Å². The van der Waals surface area contributed by atoms with Crippen LogP contribution in [0.3, 0.4) is 0 Å². The van der Waals surface area contributed by atoms with Gasteiger partial charge in [-0.1, -0.05) is 0 Å². The zero-order chi connectivity index (χ0) is 20.6. The zero-order valence-electron chi connectivity index (χ0n) is 15.4. The molecular formula is C16H25N3O9. The molecule has 28 heavy (non-hydrogen) atoms. The molecule has 158 valence electrons. The van der Waals surface area contributed by atoms with Gasteiger partial charge in [-0.25, -0.2) is 0 Å². The van der Waals surface area contributed by atoms with Crippen molar-refractivity contribution in [1.82, 2.24) is 0 Å². The SMILES string of the molecule is O=[N+]([O-])c1ccc(NCCOCCOCCOCCOCCO)c([N+](=O)[O-])c1. The van der Waals surface area contributed by atoms with E-state index in [1.807, 2.05) is 0 Å². The number of aliphatic hydroxyl groups excluding tert-OH is 1. The molecule has 0 amide bonds. The zero-order valence-corrected chi connectivity index (χ0v) is 15.4. The molecule has 1 aromatic rings. The predicted octanol–water partition coefficient (Wildman–Crippen LogP) is 0.974. The van der Waals surface area contributed by atoms with Crippen molar-refractivity contribution < 1.29 is 33.9 Å². The van der Waals surface area contributed by atoms with Crippen molar-refractivity contribution in [2.45, 2.75) is 0 Å². The highest BCUT2D eigenvalue weighted by Gasteiger charge is 2.18. The smallest absolute Gasteiger partial charge is 0.299 e. The second-order valence-corrected chi connectivity index (χ2v) is 5.32. The molecule has 0 spiro atoms. The lowest BCUT2D eigenvalue weighted by Gasteiger charge is -2.09. The van der Waals surface area contributed by atoms with Gasteiger partial charge < -0.3 is 29.4 Å². The van der Waals surface area contributed by atoms with Gasteiger partial charge in [0.15, 0.2) is 0 Å². The number of aliphatic hydroxyl groups is 1. The van der Waals surface area contributed by atoms with E-state index in [4.69, 9.17) is 24.1 Å². The van der Waals surface area contributed by atoms with Crippen molar-refractivity contribution in [2.75, 3.05) is 71.3 Å². The molecule has 0 saturated carbocycles. The van der Waals surface area contributed by atoms with E-state index in [0.29, 0.717) is 52.8 Å². The van der Waals surface area contributed by atoms with E-state index in [-0.39, 0.29) is 30.3 Å². The molecule has 12 nitrogen and oxygen atoms in total. The van der Waals surface area contributed by atoms with Gasteiger partial charge >= 0.3 is 0 Å². The molecule has 0 aromatic heterocycles. The summed E-state index contributed by atoms with van der Waals surface area (Å²) in [5.74, 6) is 0. The third kappa shape index (κ3) is 10.1. The normalized spacial score (nSPS) is 10.8. The molecule has 0 saturated heterocycles. The maximum Gasteiger partial charge on any atom is 0.299 e. The molecule has 1 aromatic carbocycles. The van der Waals surface area contributed by atoms with E-state index in [1.54, 1.807) is 0 Å². The number of nitro groups is 2. The standard InChI is InChI=1S/C16H25N3O9/c20-4-6-26-8-10-28-12-11-27-9-7-25-5-3-17-15-2-1-14(18(21)22)13-16(15)19(23)24/h1-2,13,17,20H,3-12H2. The van der Waals surface area contributed by atoms with Crippen molar-refractivity contribution in [1.29, 1.82) is 0 Å². The van der Waals surface area contributed by atoms with Gasteiger partial charge in [-0.15, -0.1) is 0 Å². The lowest BCUT2D eigenvalue weighted by Crippen LogP contribution is -2.15. The largest absolute Gasteiger partial charge is 0.394 e. The first-order valence-electron chi connectivity index (χ1n) is 8.64. The van der Waals surface area contributed by atoms with E-state index < -0.39 is 9.85 Å². The molecular weight excluding hydrogens is 378 g/mol. The van der Waals surface area contributed by atoms with Crippen molar-refractivity contribution >= 4 is 17.1 Å². The van der Waals surface area contributed by atoms with E-state index >= 15 is 0 Å². The van der Waals surface area contributed by atoms with Gasteiger partial charge in [0.1, 0.15) is 5.69 Å². The Bertz CT molecular complexity index is 601. The Morgan fingerprint density at radius 1 is 0.821 bits per heavy atom. The van der Waals surface area contributed by atoms with Crippen LogP contribution in [-0.4, -0.2) is 81.0 Å². The number of nitrogens with zero attached hydrogens (tertiary/aromatic N) is 2. The maximum atomic E-state index is 11.0. The Morgan fingerprint density at radius 2 is 1.36 bits per heavy atom. The number of non-ortho nitro benzene ring substituents is 1. The van der Waals surface area contributed by atoms with Gasteiger partial charge in [0.25, 0.3) is 11.4 Å². The first-order valence-corrected chi connectivity index (χ1v) is 8.64. The van der Waals surface area contributed by atoms with Gasteiger partial charge in [-0.3, -0.25) is 20.2 Å². The van der Waals surface area contributed by atoms with E-state index in [2.05, 4.69) is 5.32 Å². The van der Waals surface area contributed by atoms with Crippen LogP contribution in [0.15, 0.2) is 18.2 Å². The molecule has 0 atom stereocenters. The van der Waals surface area contributed by atoms with Crippen LogP contribution in [0.5, 0.6) is 0 Å². The van der Waals surface area contributed by atoms with Gasteiger partial charge in [0.2, 0.25) is 0 Å². The highest BCUT2D eigenvalue weighted by atomic mass is 16.6. The number of anilines is 1. The molecule has 0 aliphatic carbocycles. The average molecular weight is 403 g/mol. The van der Waals surface area contributed by atoms with E-state index in [9.17, 15) is 20.2 Å². The second-order valence-electron chi connectivity index (χ2n) is 5.32. The first kappa shape index (κ1) is 23.7. The Morgan fingerprint density at radius 3 is 1.86 bits per heavy atom. The Kier molecular flexibility index (Phi) is 12.4. The van der Waals surface area contributed by atoms with Crippen molar-refractivity contribution in [3.8, 4) is 0 Å². The summed E-state index contributed by atoms with van der Waals surface area (Å²) in [4.78, 5) is 20.3. The number of ether oxygens (including phenoxy) is 4. The van der Waals surface area contributed by atoms with Crippen LogP contribution in [0, 0.1) is 20.2 Å². The molecule has 0 fully saturated rings. The fourth-order valence-corrected chi connectivity index (χ4v) is 2.02. The van der Waals surface area contributed by atoms with Crippen LogP contribution in [0.1, 0.15) is 0 Å². The van der Waals surface area contributed by atoms with Crippen molar-refractivity contribution in [2.24, 2.45) is 0 Å². The van der Waals surface area contributed by atoms with E-state index in [1.165, 1.54) is 12.1 Å². The molecule has 0 radical (unpaired) electrons. The average Bonchev–Trinajstić information content (AvgIpc) is 2.68. The number of benzene rings is 1. The summed E-state index contributed by atoms with van der Waals surface area (Å²) in [6.07, 6.45) is 0. The van der Waals surface area contributed by atoms with Crippen LogP contribution in [0.2, 0.25) is 0 Å². The fourth-order valence-electron chi connectivity index (χ4n) is 2.02.